The van der Waals surface area contributed by atoms with Crippen LogP contribution in [0.4, 0.5) is 5.69 Å². The SMILES string of the molecule is COc1cc(NCC(O)CN2CCCC2)ccc1Br. The van der Waals surface area contributed by atoms with Gasteiger partial charge in [0.05, 0.1) is 17.7 Å². The van der Waals surface area contributed by atoms with Crippen molar-refractivity contribution < 1.29 is 9.84 Å². The summed E-state index contributed by atoms with van der Waals surface area (Å²) in [5, 5.41) is 13.3. The summed E-state index contributed by atoms with van der Waals surface area (Å²) in [7, 11) is 1.64. The predicted molar refractivity (Wildman–Crippen MR) is 80.9 cm³/mol. The van der Waals surface area contributed by atoms with E-state index >= 15 is 0 Å². The van der Waals surface area contributed by atoms with Crippen molar-refractivity contribution in [2.24, 2.45) is 0 Å². The summed E-state index contributed by atoms with van der Waals surface area (Å²) in [6, 6.07) is 5.83. The summed E-state index contributed by atoms with van der Waals surface area (Å²) in [5.41, 5.74) is 0.959. The third-order valence-electron chi connectivity index (χ3n) is 3.36. The molecule has 1 aromatic rings. The van der Waals surface area contributed by atoms with Crippen LogP contribution in [0.3, 0.4) is 0 Å². The van der Waals surface area contributed by atoms with Gasteiger partial charge in [-0.2, -0.15) is 0 Å². The Morgan fingerprint density at radius 3 is 2.84 bits per heavy atom. The van der Waals surface area contributed by atoms with Gasteiger partial charge in [0.2, 0.25) is 0 Å². The number of hydrogen-bond acceptors (Lipinski definition) is 4. The van der Waals surface area contributed by atoms with Crippen LogP contribution in [-0.4, -0.2) is 49.4 Å². The predicted octanol–water partition coefficient (Wildman–Crippen LogP) is 2.33. The number of methoxy groups -OCH3 is 1. The van der Waals surface area contributed by atoms with E-state index in [1.807, 2.05) is 18.2 Å². The van der Waals surface area contributed by atoms with Crippen molar-refractivity contribution in [3.05, 3.63) is 22.7 Å². The molecule has 0 radical (unpaired) electrons. The molecule has 5 heteroatoms. The molecule has 106 valence electrons. The van der Waals surface area contributed by atoms with Crippen LogP contribution < -0.4 is 10.1 Å². The number of benzene rings is 1. The van der Waals surface area contributed by atoms with Crippen LogP contribution >= 0.6 is 15.9 Å². The van der Waals surface area contributed by atoms with E-state index in [9.17, 15) is 5.11 Å². The zero-order valence-electron chi connectivity index (χ0n) is 11.2. The van der Waals surface area contributed by atoms with E-state index in [-0.39, 0.29) is 6.10 Å². The molecule has 2 rings (SSSR count). The minimum absolute atomic E-state index is 0.340. The van der Waals surface area contributed by atoms with Gasteiger partial charge < -0.3 is 20.1 Å². The van der Waals surface area contributed by atoms with Gasteiger partial charge in [0.1, 0.15) is 5.75 Å². The fraction of sp³-hybridized carbons (Fsp3) is 0.571. The lowest BCUT2D eigenvalue weighted by Crippen LogP contribution is -2.34. The smallest absolute Gasteiger partial charge is 0.135 e. The molecule has 2 N–H and O–H groups in total. The van der Waals surface area contributed by atoms with Crippen molar-refractivity contribution in [1.29, 1.82) is 0 Å². The first-order chi connectivity index (χ1) is 9.19. The van der Waals surface area contributed by atoms with Gasteiger partial charge >= 0.3 is 0 Å². The second-order valence-corrected chi connectivity index (χ2v) is 5.75. The van der Waals surface area contributed by atoms with Gasteiger partial charge in [-0.25, -0.2) is 0 Å². The maximum atomic E-state index is 10.0. The van der Waals surface area contributed by atoms with E-state index in [1.54, 1.807) is 7.11 Å². The second-order valence-electron chi connectivity index (χ2n) is 4.89. The standard InChI is InChI=1S/C14H21BrN2O2/c1-19-14-8-11(4-5-13(14)15)16-9-12(18)10-17-6-2-3-7-17/h4-5,8,12,16,18H,2-3,6-7,9-10H2,1H3. The van der Waals surface area contributed by atoms with Crippen molar-refractivity contribution >= 4 is 21.6 Å². The van der Waals surface area contributed by atoms with Crippen LogP contribution in [0.1, 0.15) is 12.8 Å². The van der Waals surface area contributed by atoms with Gasteiger partial charge in [-0.1, -0.05) is 0 Å². The summed E-state index contributed by atoms with van der Waals surface area (Å²) >= 11 is 3.42. The topological polar surface area (TPSA) is 44.7 Å². The Labute approximate surface area is 122 Å². The van der Waals surface area contributed by atoms with Crippen LogP contribution in [0.15, 0.2) is 22.7 Å². The van der Waals surface area contributed by atoms with Gasteiger partial charge in [0.25, 0.3) is 0 Å². The lowest BCUT2D eigenvalue weighted by Gasteiger charge is -2.20. The lowest BCUT2D eigenvalue weighted by molar-refractivity contribution is 0.135. The molecule has 0 spiro atoms. The van der Waals surface area contributed by atoms with E-state index < -0.39 is 0 Å². The van der Waals surface area contributed by atoms with Crippen molar-refractivity contribution in [3.63, 3.8) is 0 Å². The fourth-order valence-electron chi connectivity index (χ4n) is 2.33. The molecule has 4 nitrogen and oxygen atoms in total. The minimum Gasteiger partial charge on any atom is -0.495 e. The molecule has 19 heavy (non-hydrogen) atoms. The number of hydrogen-bond donors (Lipinski definition) is 2. The maximum Gasteiger partial charge on any atom is 0.135 e. The Bertz CT molecular complexity index is 408. The Morgan fingerprint density at radius 1 is 1.42 bits per heavy atom. The molecular formula is C14H21BrN2O2. The molecule has 1 aromatic carbocycles. The largest absolute Gasteiger partial charge is 0.495 e. The monoisotopic (exact) mass is 328 g/mol. The van der Waals surface area contributed by atoms with Crippen LogP contribution in [0, 0.1) is 0 Å². The van der Waals surface area contributed by atoms with Crippen molar-refractivity contribution in [3.8, 4) is 5.75 Å². The Hall–Kier alpha value is -0.780. The highest BCUT2D eigenvalue weighted by molar-refractivity contribution is 9.10. The van der Waals surface area contributed by atoms with E-state index in [1.165, 1.54) is 12.8 Å². The van der Waals surface area contributed by atoms with E-state index in [2.05, 4.69) is 26.1 Å². The van der Waals surface area contributed by atoms with Crippen LogP contribution in [0.2, 0.25) is 0 Å². The normalized spacial score (nSPS) is 17.4. The third-order valence-corrected chi connectivity index (χ3v) is 4.02. The van der Waals surface area contributed by atoms with Crippen molar-refractivity contribution in [1.82, 2.24) is 4.90 Å². The average Bonchev–Trinajstić information content (AvgIpc) is 2.90. The summed E-state index contributed by atoms with van der Waals surface area (Å²) < 4.78 is 6.17. The molecule has 0 bridgehead atoms. The molecule has 1 saturated heterocycles. The first-order valence-corrected chi connectivity index (χ1v) is 7.46. The molecule has 0 amide bonds. The van der Waals surface area contributed by atoms with Gasteiger partial charge in [0.15, 0.2) is 0 Å². The zero-order valence-corrected chi connectivity index (χ0v) is 12.8. The number of aliphatic hydroxyl groups excluding tert-OH is 1. The Morgan fingerprint density at radius 2 is 2.16 bits per heavy atom. The summed E-state index contributed by atoms with van der Waals surface area (Å²) in [4.78, 5) is 2.31. The molecule has 0 aliphatic carbocycles. The summed E-state index contributed by atoms with van der Waals surface area (Å²) in [5.74, 6) is 0.791. The molecule has 0 aromatic heterocycles. The number of β-amino-alcohol motifs (C(OH)–C–C–N with tert-alkyl or cyclic N) is 1. The molecule has 1 atom stereocenters. The van der Waals surface area contributed by atoms with Gasteiger partial charge in [-0.05, 0) is 54.0 Å². The zero-order chi connectivity index (χ0) is 13.7. The molecule has 1 unspecified atom stereocenters. The first kappa shape index (κ1) is 14.6. The number of aliphatic hydroxyl groups is 1. The number of rotatable bonds is 6. The van der Waals surface area contributed by atoms with Gasteiger partial charge in [-0.3, -0.25) is 0 Å². The molecule has 1 heterocycles. The van der Waals surface area contributed by atoms with Gasteiger partial charge in [0, 0.05) is 24.8 Å². The van der Waals surface area contributed by atoms with Crippen LogP contribution in [0.5, 0.6) is 5.75 Å². The number of anilines is 1. The highest BCUT2D eigenvalue weighted by Gasteiger charge is 2.15. The summed E-state index contributed by atoms with van der Waals surface area (Å²) in [6.45, 7) is 3.54. The summed E-state index contributed by atoms with van der Waals surface area (Å²) in [6.07, 6.45) is 2.17. The lowest BCUT2D eigenvalue weighted by atomic mass is 10.2. The quantitative estimate of drug-likeness (QED) is 0.841. The molecule has 1 fully saturated rings. The van der Waals surface area contributed by atoms with Gasteiger partial charge in [-0.15, -0.1) is 0 Å². The molecular weight excluding hydrogens is 308 g/mol. The maximum absolute atomic E-state index is 10.0. The Kier molecular flexibility index (Phi) is 5.48. The molecule has 1 aliphatic heterocycles. The number of nitrogens with one attached hydrogen (secondary N) is 1. The van der Waals surface area contributed by atoms with Crippen LogP contribution in [-0.2, 0) is 0 Å². The number of nitrogens with zero attached hydrogens (tertiary/aromatic N) is 1. The first-order valence-electron chi connectivity index (χ1n) is 6.67. The highest BCUT2D eigenvalue weighted by Crippen LogP contribution is 2.27. The van der Waals surface area contributed by atoms with Crippen molar-refractivity contribution in [2.45, 2.75) is 18.9 Å². The highest BCUT2D eigenvalue weighted by atomic mass is 79.9. The molecule has 0 saturated carbocycles. The van der Waals surface area contributed by atoms with E-state index in [4.69, 9.17) is 4.74 Å². The Balaban J connectivity index is 1.80. The van der Waals surface area contributed by atoms with E-state index in [0.717, 1.165) is 35.5 Å². The molecule has 1 aliphatic rings. The second kappa shape index (κ2) is 7.12. The number of ether oxygens (including phenoxy) is 1. The third kappa shape index (κ3) is 4.37. The fourth-order valence-corrected chi connectivity index (χ4v) is 2.74. The van der Waals surface area contributed by atoms with Crippen molar-refractivity contribution in [2.75, 3.05) is 38.6 Å². The van der Waals surface area contributed by atoms with E-state index in [0.29, 0.717) is 6.54 Å². The van der Waals surface area contributed by atoms with Crippen LogP contribution in [0.25, 0.3) is 0 Å². The average molecular weight is 329 g/mol. The minimum atomic E-state index is -0.340. The number of likely N-dealkylation sites (tertiary alicyclic amines) is 1. The number of halogens is 1.